The van der Waals surface area contributed by atoms with E-state index in [1.807, 2.05) is 24.3 Å². The molecule has 0 bridgehead atoms. The van der Waals surface area contributed by atoms with Crippen LogP contribution in [0.15, 0.2) is 108 Å². The zero-order chi connectivity index (χ0) is 29.9. The molecule has 0 amide bonds. The van der Waals surface area contributed by atoms with E-state index in [0.29, 0.717) is 17.5 Å². The van der Waals surface area contributed by atoms with Gasteiger partial charge in [-0.1, -0.05) is 60.7 Å². The third kappa shape index (κ3) is 6.21. The smallest absolute Gasteiger partial charge is 0.335 e. The number of aromatic hydroxyl groups is 1. The number of carboxylic acids is 1. The highest BCUT2D eigenvalue weighted by atomic mass is 16.4. The van der Waals surface area contributed by atoms with E-state index in [-0.39, 0.29) is 29.3 Å². The highest BCUT2D eigenvalue weighted by Gasteiger charge is 2.35. The number of hydrogen-bond donors (Lipinski definition) is 2. The van der Waals surface area contributed by atoms with Crippen LogP contribution in [0, 0.1) is 0 Å². The van der Waals surface area contributed by atoms with Gasteiger partial charge in [0.05, 0.1) is 11.6 Å². The largest absolute Gasteiger partial charge is 0.508 e. The molecule has 1 aliphatic heterocycles. The molecule has 1 saturated heterocycles. The number of hydrogen-bond acceptors (Lipinski definition) is 7. The van der Waals surface area contributed by atoms with Gasteiger partial charge in [-0.05, 0) is 73.0 Å². The van der Waals surface area contributed by atoms with E-state index < -0.39 is 5.97 Å². The minimum atomic E-state index is -1.01. The van der Waals surface area contributed by atoms with Gasteiger partial charge in [0.2, 0.25) is 11.8 Å². The Hall–Kier alpha value is -4.79. The van der Waals surface area contributed by atoms with Gasteiger partial charge in [-0.2, -0.15) is 0 Å². The molecule has 8 nitrogen and oxygen atoms in total. The van der Waals surface area contributed by atoms with Crippen LogP contribution in [0.4, 0.5) is 0 Å². The second kappa shape index (κ2) is 12.2. The van der Waals surface area contributed by atoms with E-state index >= 15 is 0 Å². The van der Waals surface area contributed by atoms with E-state index in [1.54, 1.807) is 18.2 Å². The summed E-state index contributed by atoms with van der Waals surface area (Å²) in [5.74, 6) is -0.156. The van der Waals surface area contributed by atoms with Crippen LogP contribution in [-0.4, -0.2) is 61.4 Å². The van der Waals surface area contributed by atoms with Gasteiger partial charge >= 0.3 is 5.97 Å². The van der Waals surface area contributed by atoms with Crippen LogP contribution in [0.2, 0.25) is 0 Å². The van der Waals surface area contributed by atoms with E-state index in [9.17, 15) is 15.0 Å². The molecule has 4 aromatic carbocycles. The fourth-order valence-electron chi connectivity index (χ4n) is 5.94. The third-order valence-electron chi connectivity index (χ3n) is 8.16. The Labute approximate surface area is 250 Å². The molecule has 3 atom stereocenters. The average molecular weight is 575 g/mol. The predicted molar refractivity (Wildman–Crippen MR) is 165 cm³/mol. The molecule has 6 rings (SSSR count). The lowest BCUT2D eigenvalue weighted by Gasteiger charge is -2.47. The monoisotopic (exact) mass is 574 g/mol. The number of phenolic OH excluding ortho intramolecular Hbond substituents is 1. The van der Waals surface area contributed by atoms with Gasteiger partial charge in [0.1, 0.15) is 5.75 Å². The molecular formula is C35H34N4O4. The maximum atomic E-state index is 11.4. The number of piperazine rings is 1. The number of phenols is 1. The Balaban J connectivity index is 1.26. The number of aromatic carboxylic acids is 1. The molecule has 43 heavy (non-hydrogen) atoms. The predicted octanol–water partition coefficient (Wildman–Crippen LogP) is 6.49. The molecule has 2 N–H and O–H groups in total. The molecule has 1 aromatic heterocycles. The summed E-state index contributed by atoms with van der Waals surface area (Å²) in [4.78, 5) is 16.4. The molecule has 8 heteroatoms. The molecular weight excluding hydrogens is 540 g/mol. The van der Waals surface area contributed by atoms with Crippen molar-refractivity contribution in [1.82, 2.24) is 20.0 Å². The first kappa shape index (κ1) is 28.3. The van der Waals surface area contributed by atoms with Crippen LogP contribution < -0.4 is 0 Å². The summed E-state index contributed by atoms with van der Waals surface area (Å²) in [6, 6.07) is 33.2. The Morgan fingerprint density at radius 2 is 1.53 bits per heavy atom. The van der Waals surface area contributed by atoms with Crippen LogP contribution >= 0.6 is 0 Å². The summed E-state index contributed by atoms with van der Waals surface area (Å²) < 4.78 is 5.94. The van der Waals surface area contributed by atoms with Crippen LogP contribution in [0.1, 0.15) is 46.9 Å². The first-order chi connectivity index (χ1) is 20.9. The van der Waals surface area contributed by atoms with E-state index in [4.69, 9.17) is 4.42 Å². The minimum Gasteiger partial charge on any atom is -0.508 e. The van der Waals surface area contributed by atoms with Gasteiger partial charge in [-0.25, -0.2) is 4.79 Å². The molecule has 5 aromatic rings. The number of aromatic nitrogens is 2. The fourth-order valence-corrected chi connectivity index (χ4v) is 5.94. The first-order valence-electron chi connectivity index (χ1n) is 14.5. The van der Waals surface area contributed by atoms with Gasteiger partial charge in [0.25, 0.3) is 0 Å². The Morgan fingerprint density at radius 3 is 2.26 bits per heavy atom. The van der Waals surface area contributed by atoms with Gasteiger partial charge in [-0.15, -0.1) is 10.2 Å². The van der Waals surface area contributed by atoms with Crippen LogP contribution in [-0.2, 0) is 6.54 Å². The lowest BCUT2D eigenvalue weighted by Crippen LogP contribution is -2.56. The van der Waals surface area contributed by atoms with E-state index in [2.05, 4.69) is 82.4 Å². The lowest BCUT2D eigenvalue weighted by molar-refractivity contribution is 0.0195. The van der Waals surface area contributed by atoms with Crippen molar-refractivity contribution in [1.29, 1.82) is 0 Å². The maximum absolute atomic E-state index is 11.4. The molecule has 1 fully saturated rings. The highest BCUT2D eigenvalue weighted by Crippen LogP contribution is 2.36. The number of carbonyl (C=O) groups is 1. The average Bonchev–Trinajstić information content (AvgIpc) is 3.51. The molecule has 2 heterocycles. The molecule has 1 aliphatic rings. The van der Waals surface area contributed by atoms with Crippen LogP contribution in [0.5, 0.6) is 5.75 Å². The van der Waals surface area contributed by atoms with Crippen molar-refractivity contribution in [2.75, 3.05) is 13.1 Å². The quantitative estimate of drug-likeness (QED) is 0.217. The summed E-state index contributed by atoms with van der Waals surface area (Å²) in [7, 11) is 0. The van der Waals surface area contributed by atoms with E-state index in [0.717, 1.165) is 36.3 Å². The van der Waals surface area contributed by atoms with Crippen molar-refractivity contribution in [3.63, 3.8) is 0 Å². The van der Waals surface area contributed by atoms with Gasteiger partial charge in [0.15, 0.2) is 0 Å². The lowest BCUT2D eigenvalue weighted by atomic mass is 9.92. The van der Waals surface area contributed by atoms with Gasteiger partial charge < -0.3 is 14.6 Å². The maximum Gasteiger partial charge on any atom is 0.335 e. The second-order valence-electron chi connectivity index (χ2n) is 11.2. The minimum absolute atomic E-state index is 0.0607. The van der Waals surface area contributed by atoms with Crippen molar-refractivity contribution in [2.45, 2.75) is 38.5 Å². The third-order valence-corrected chi connectivity index (χ3v) is 8.16. The van der Waals surface area contributed by atoms with E-state index in [1.165, 1.54) is 17.7 Å². The van der Waals surface area contributed by atoms with Crippen molar-refractivity contribution in [3.05, 3.63) is 125 Å². The van der Waals surface area contributed by atoms with Crippen LogP contribution in [0.25, 0.3) is 22.9 Å². The zero-order valence-electron chi connectivity index (χ0n) is 24.2. The Morgan fingerprint density at radius 1 is 0.814 bits per heavy atom. The fraction of sp³-hybridized carbons (Fsp3) is 0.229. The Bertz CT molecular complexity index is 1700. The highest BCUT2D eigenvalue weighted by molar-refractivity contribution is 5.89. The molecule has 0 saturated carbocycles. The summed E-state index contributed by atoms with van der Waals surface area (Å²) in [5, 5.41) is 28.1. The molecule has 0 aliphatic carbocycles. The molecule has 218 valence electrons. The van der Waals surface area contributed by atoms with Gasteiger partial charge in [-0.3, -0.25) is 9.80 Å². The zero-order valence-corrected chi connectivity index (χ0v) is 24.2. The topological polar surface area (TPSA) is 103 Å². The summed E-state index contributed by atoms with van der Waals surface area (Å²) in [6.45, 7) is 7.27. The Kier molecular flexibility index (Phi) is 8.05. The van der Waals surface area contributed by atoms with Crippen LogP contribution in [0.3, 0.4) is 0 Å². The SMILES string of the molecule is C[C@@H]1CN([C@H](c2ccc(-c3nnc(-c4cccc(C(=O)O)c4)o3)cc2)c2cccc(O)c2)[C@@H](C)CN1Cc1ccccc1. The van der Waals surface area contributed by atoms with Crippen molar-refractivity contribution < 1.29 is 19.4 Å². The van der Waals surface area contributed by atoms with Crippen molar-refractivity contribution in [2.24, 2.45) is 0 Å². The number of rotatable bonds is 8. The summed E-state index contributed by atoms with van der Waals surface area (Å²) >= 11 is 0. The molecule has 0 unspecified atom stereocenters. The normalized spacial score (nSPS) is 18.4. The second-order valence-corrected chi connectivity index (χ2v) is 11.2. The number of carboxylic acid groups (broad SMARTS) is 1. The van der Waals surface area contributed by atoms with Crippen molar-refractivity contribution in [3.8, 4) is 28.7 Å². The number of nitrogens with zero attached hydrogens (tertiary/aromatic N) is 4. The molecule has 0 radical (unpaired) electrons. The first-order valence-corrected chi connectivity index (χ1v) is 14.5. The molecule has 0 spiro atoms. The summed E-state index contributed by atoms with van der Waals surface area (Å²) in [6.07, 6.45) is 0. The summed E-state index contributed by atoms with van der Waals surface area (Å²) in [5.41, 5.74) is 4.91. The number of benzene rings is 4. The standard InChI is InChI=1S/C35H34N4O4/c1-23-21-39(24(2)20-38(23)22-25-8-4-3-5-9-25)32(28-10-7-13-31(40)19-28)26-14-16-27(17-15-26)33-36-37-34(43-33)29-11-6-12-30(18-29)35(41)42/h3-19,23-24,32,40H,20-22H2,1-2H3,(H,41,42)/t23-,24+,32-/m1/s1. The van der Waals surface area contributed by atoms with Gasteiger partial charge in [0, 0.05) is 42.8 Å². The van der Waals surface area contributed by atoms with Crippen molar-refractivity contribution >= 4 is 5.97 Å².